The van der Waals surface area contributed by atoms with Crippen molar-refractivity contribution in [1.29, 1.82) is 5.41 Å². The zero-order chi connectivity index (χ0) is 18.8. The van der Waals surface area contributed by atoms with E-state index in [1.165, 1.54) is 6.21 Å². The maximum absolute atomic E-state index is 7.38. The summed E-state index contributed by atoms with van der Waals surface area (Å²) in [6.07, 6.45) is 6.19. The number of anilines is 1. The van der Waals surface area contributed by atoms with Crippen LogP contribution in [0.2, 0.25) is 0 Å². The fraction of sp³-hybridized carbons (Fsp3) is 0.263. The maximum atomic E-state index is 7.38. The summed E-state index contributed by atoms with van der Waals surface area (Å²) in [5.74, 6) is 0.823. The molecule has 4 heterocycles. The Morgan fingerprint density at radius 1 is 1.41 bits per heavy atom. The predicted molar refractivity (Wildman–Crippen MR) is 106 cm³/mol. The number of hydrogen-bond acceptors (Lipinski definition) is 7. The first kappa shape index (κ1) is 17.2. The largest absolute Gasteiger partial charge is 0.398 e. The lowest BCUT2D eigenvalue weighted by Gasteiger charge is -2.34. The number of morpholine rings is 1. The molecule has 0 bridgehead atoms. The second kappa shape index (κ2) is 7.16. The van der Waals surface area contributed by atoms with Gasteiger partial charge in [0.1, 0.15) is 17.0 Å². The van der Waals surface area contributed by atoms with E-state index in [1.807, 2.05) is 18.2 Å². The molecular formula is C19H21N7O. The topological polar surface area (TPSA) is 117 Å². The van der Waals surface area contributed by atoms with Gasteiger partial charge in [0.2, 0.25) is 0 Å². The number of aromatic nitrogens is 4. The van der Waals surface area contributed by atoms with Gasteiger partial charge in [-0.3, -0.25) is 10.1 Å². The zero-order valence-corrected chi connectivity index (χ0v) is 15.0. The molecule has 1 fully saturated rings. The summed E-state index contributed by atoms with van der Waals surface area (Å²) in [7, 11) is 0. The summed E-state index contributed by atoms with van der Waals surface area (Å²) in [5, 5.41) is 15.3. The van der Waals surface area contributed by atoms with Crippen molar-refractivity contribution in [2.45, 2.75) is 13.0 Å². The van der Waals surface area contributed by atoms with Gasteiger partial charge >= 0.3 is 0 Å². The minimum absolute atomic E-state index is 0.205. The van der Waals surface area contributed by atoms with Gasteiger partial charge in [-0.05, 0) is 31.2 Å². The summed E-state index contributed by atoms with van der Waals surface area (Å²) >= 11 is 0. The van der Waals surface area contributed by atoms with E-state index in [2.05, 4.69) is 27.0 Å². The molecule has 1 aliphatic rings. The Hall–Kier alpha value is -3.26. The normalized spacial score (nSPS) is 18.0. The van der Waals surface area contributed by atoms with E-state index < -0.39 is 0 Å². The third-order valence-electron chi connectivity index (χ3n) is 4.71. The van der Waals surface area contributed by atoms with E-state index in [0.717, 1.165) is 40.2 Å². The number of aromatic amines is 1. The molecule has 0 unspecified atom stereocenters. The summed E-state index contributed by atoms with van der Waals surface area (Å²) in [6, 6.07) is 5.95. The Labute approximate surface area is 156 Å². The lowest BCUT2D eigenvalue weighted by atomic mass is 10.0. The van der Waals surface area contributed by atoms with Gasteiger partial charge in [-0.2, -0.15) is 5.10 Å². The third-order valence-corrected chi connectivity index (χ3v) is 4.71. The molecule has 3 aromatic heterocycles. The third kappa shape index (κ3) is 3.15. The number of allylic oxidation sites excluding steroid dienone is 1. The number of nitrogens with two attached hydrogens (primary N) is 1. The number of pyridine rings is 2. The molecule has 8 heteroatoms. The van der Waals surface area contributed by atoms with Crippen LogP contribution in [0.3, 0.4) is 0 Å². The second-order valence-corrected chi connectivity index (χ2v) is 6.46. The highest BCUT2D eigenvalue weighted by Gasteiger charge is 2.23. The molecule has 1 aliphatic heterocycles. The Balaban J connectivity index is 1.98. The Kier molecular flexibility index (Phi) is 4.55. The minimum Gasteiger partial charge on any atom is -0.398 e. The summed E-state index contributed by atoms with van der Waals surface area (Å²) < 4.78 is 5.56. The van der Waals surface area contributed by atoms with Crippen LogP contribution in [0.25, 0.3) is 28.0 Å². The fourth-order valence-corrected chi connectivity index (χ4v) is 3.36. The minimum atomic E-state index is 0.205. The van der Waals surface area contributed by atoms with Crippen LogP contribution in [-0.2, 0) is 4.74 Å². The first-order valence-electron chi connectivity index (χ1n) is 8.79. The highest BCUT2D eigenvalue weighted by atomic mass is 16.5. The van der Waals surface area contributed by atoms with Crippen molar-refractivity contribution in [3.8, 4) is 11.4 Å². The van der Waals surface area contributed by atoms with Crippen molar-refractivity contribution < 1.29 is 4.74 Å². The molecular weight excluding hydrogens is 342 g/mol. The summed E-state index contributed by atoms with van der Waals surface area (Å²) in [6.45, 7) is 4.18. The first-order valence-corrected chi connectivity index (χ1v) is 8.79. The van der Waals surface area contributed by atoms with Crippen molar-refractivity contribution in [3.05, 3.63) is 42.2 Å². The maximum Gasteiger partial charge on any atom is 0.130 e. The predicted octanol–water partition coefficient (Wildman–Crippen LogP) is 2.19. The van der Waals surface area contributed by atoms with Crippen molar-refractivity contribution in [2.75, 3.05) is 24.7 Å². The molecule has 0 radical (unpaired) electrons. The molecule has 0 saturated carbocycles. The Morgan fingerprint density at radius 3 is 3.04 bits per heavy atom. The van der Waals surface area contributed by atoms with Gasteiger partial charge in [0.05, 0.1) is 24.9 Å². The van der Waals surface area contributed by atoms with Gasteiger partial charge in [-0.1, -0.05) is 0 Å². The number of H-pyrrole nitrogens is 1. The molecule has 138 valence electrons. The smallest absolute Gasteiger partial charge is 0.130 e. The molecule has 1 atom stereocenters. The summed E-state index contributed by atoms with van der Waals surface area (Å²) in [4.78, 5) is 11.7. The molecule has 0 aromatic carbocycles. The highest BCUT2D eigenvalue weighted by molar-refractivity contribution is 6.00. The SMILES string of the molecule is C[C@@H]1COCCN1c1cc(/C(N)=C/C=N)c2ccnc(-c3ccn[nH]3)c2n1. The highest BCUT2D eigenvalue weighted by Crippen LogP contribution is 2.32. The van der Waals surface area contributed by atoms with Gasteiger partial charge in [-0.15, -0.1) is 0 Å². The number of ether oxygens (including phenoxy) is 1. The van der Waals surface area contributed by atoms with Gasteiger partial charge in [-0.25, -0.2) is 4.98 Å². The van der Waals surface area contributed by atoms with Crippen molar-refractivity contribution in [3.63, 3.8) is 0 Å². The van der Waals surface area contributed by atoms with Crippen LogP contribution in [0, 0.1) is 5.41 Å². The molecule has 0 spiro atoms. The standard InChI is InChI=1S/C19H21N7O/c1-12-11-27-9-8-26(12)17-10-14(15(21)2-5-20)13-3-6-22-19(18(13)24-17)16-4-7-23-25-16/h2-7,10,12,20H,8-9,11,21H2,1H3,(H,23,25)/b15-2-,20-5?/t12-/m1/s1. The fourth-order valence-electron chi connectivity index (χ4n) is 3.36. The number of fused-ring (bicyclic) bond motifs is 1. The van der Waals surface area contributed by atoms with Crippen molar-refractivity contribution >= 4 is 28.6 Å². The first-order chi connectivity index (χ1) is 13.2. The van der Waals surface area contributed by atoms with E-state index in [-0.39, 0.29) is 6.04 Å². The Morgan fingerprint density at radius 2 is 2.30 bits per heavy atom. The van der Waals surface area contributed by atoms with Crippen LogP contribution < -0.4 is 10.6 Å². The monoisotopic (exact) mass is 363 g/mol. The number of nitrogens with one attached hydrogen (secondary N) is 2. The zero-order valence-electron chi connectivity index (χ0n) is 15.0. The summed E-state index contributed by atoms with van der Waals surface area (Å²) in [5.41, 5.74) is 9.88. The molecule has 8 nitrogen and oxygen atoms in total. The lowest BCUT2D eigenvalue weighted by molar-refractivity contribution is 0.0986. The lowest BCUT2D eigenvalue weighted by Crippen LogP contribution is -2.44. The van der Waals surface area contributed by atoms with E-state index in [1.54, 1.807) is 18.5 Å². The molecule has 27 heavy (non-hydrogen) atoms. The number of hydrogen-bond donors (Lipinski definition) is 3. The van der Waals surface area contributed by atoms with Crippen LogP contribution in [-0.4, -0.2) is 52.2 Å². The van der Waals surface area contributed by atoms with E-state index in [0.29, 0.717) is 18.9 Å². The molecule has 0 amide bonds. The molecule has 4 rings (SSSR count). The van der Waals surface area contributed by atoms with Crippen LogP contribution in [0.4, 0.5) is 5.82 Å². The van der Waals surface area contributed by atoms with Crippen LogP contribution in [0.5, 0.6) is 0 Å². The Bertz CT molecular complexity index is 997. The van der Waals surface area contributed by atoms with Crippen LogP contribution >= 0.6 is 0 Å². The molecule has 1 saturated heterocycles. The van der Waals surface area contributed by atoms with E-state index in [9.17, 15) is 0 Å². The quantitative estimate of drug-likeness (QED) is 0.612. The average Bonchev–Trinajstić information content (AvgIpc) is 3.22. The van der Waals surface area contributed by atoms with E-state index in [4.69, 9.17) is 20.9 Å². The second-order valence-electron chi connectivity index (χ2n) is 6.46. The van der Waals surface area contributed by atoms with Gasteiger partial charge in [0, 0.05) is 41.8 Å². The molecule has 3 aromatic rings. The number of rotatable bonds is 4. The van der Waals surface area contributed by atoms with Crippen LogP contribution in [0.15, 0.2) is 36.7 Å². The van der Waals surface area contributed by atoms with Crippen molar-refractivity contribution in [2.24, 2.45) is 5.73 Å². The number of nitrogens with zero attached hydrogens (tertiary/aromatic N) is 4. The van der Waals surface area contributed by atoms with Crippen molar-refractivity contribution in [1.82, 2.24) is 20.2 Å². The van der Waals surface area contributed by atoms with Gasteiger partial charge in [0.15, 0.2) is 0 Å². The molecule has 0 aliphatic carbocycles. The molecule has 4 N–H and O–H groups in total. The average molecular weight is 363 g/mol. The van der Waals surface area contributed by atoms with Crippen LogP contribution in [0.1, 0.15) is 12.5 Å². The van der Waals surface area contributed by atoms with Gasteiger partial charge in [0.25, 0.3) is 0 Å². The van der Waals surface area contributed by atoms with E-state index >= 15 is 0 Å². The van der Waals surface area contributed by atoms with Gasteiger partial charge < -0.3 is 20.8 Å².